The van der Waals surface area contributed by atoms with Crippen molar-refractivity contribution in [3.8, 4) is 0 Å². The van der Waals surface area contributed by atoms with Gasteiger partial charge in [-0.25, -0.2) is 0 Å². The molecule has 1 rings (SSSR count). The second-order valence-corrected chi connectivity index (χ2v) is 6.32. The van der Waals surface area contributed by atoms with Gasteiger partial charge in [0.1, 0.15) is 0 Å². The van der Waals surface area contributed by atoms with Crippen molar-refractivity contribution >= 4 is 0 Å². The average molecular weight is 256 g/mol. The quantitative estimate of drug-likeness (QED) is 0.642. The zero-order valence-electron chi connectivity index (χ0n) is 12.7. The normalized spacial score (nSPS) is 22.0. The molecule has 0 aliphatic carbocycles. The fraction of sp³-hybridized carbons (Fsp3) is 1.00. The Labute approximate surface area is 113 Å². The van der Waals surface area contributed by atoms with Gasteiger partial charge >= 0.3 is 0 Å². The van der Waals surface area contributed by atoms with Crippen LogP contribution >= 0.6 is 0 Å². The highest BCUT2D eigenvalue weighted by Gasteiger charge is 2.15. The van der Waals surface area contributed by atoms with E-state index in [-0.39, 0.29) is 0 Å². The fourth-order valence-electron chi connectivity index (χ4n) is 2.74. The summed E-state index contributed by atoms with van der Waals surface area (Å²) in [4.78, 5) is 2.28. The fourth-order valence-corrected chi connectivity index (χ4v) is 2.74. The molecule has 0 aromatic rings. The van der Waals surface area contributed by atoms with Crippen LogP contribution in [0.1, 0.15) is 46.0 Å². The molecule has 0 spiro atoms. The summed E-state index contributed by atoms with van der Waals surface area (Å²) in [6, 6.07) is 0.629. The largest absolute Gasteiger partial charge is 0.378 e. The predicted molar refractivity (Wildman–Crippen MR) is 78.0 cm³/mol. The molecule has 0 amide bonds. The lowest BCUT2D eigenvalue weighted by molar-refractivity contribution is 0.102. The smallest absolute Gasteiger partial charge is 0.0576 e. The molecule has 0 aromatic heterocycles. The SMILES string of the molecule is CC(C)CC(CN(C)C)NCCCC1CCCO1. The van der Waals surface area contributed by atoms with E-state index in [0.717, 1.165) is 25.6 Å². The minimum absolute atomic E-state index is 0.546. The molecule has 1 aliphatic rings. The molecule has 0 radical (unpaired) electrons. The van der Waals surface area contributed by atoms with Gasteiger partial charge in [-0.1, -0.05) is 13.8 Å². The summed E-state index contributed by atoms with van der Waals surface area (Å²) in [6.07, 6.45) is 6.81. The van der Waals surface area contributed by atoms with E-state index in [2.05, 4.69) is 38.2 Å². The van der Waals surface area contributed by atoms with E-state index < -0.39 is 0 Å². The van der Waals surface area contributed by atoms with Crippen molar-refractivity contribution < 1.29 is 4.74 Å². The van der Waals surface area contributed by atoms with Gasteiger partial charge in [0.25, 0.3) is 0 Å². The summed E-state index contributed by atoms with van der Waals surface area (Å²) in [5.74, 6) is 0.764. The number of nitrogens with zero attached hydrogens (tertiary/aromatic N) is 1. The van der Waals surface area contributed by atoms with E-state index in [1.54, 1.807) is 0 Å². The molecule has 1 saturated heterocycles. The second-order valence-electron chi connectivity index (χ2n) is 6.32. The average Bonchev–Trinajstić information content (AvgIpc) is 2.75. The molecule has 108 valence electrons. The van der Waals surface area contributed by atoms with Crippen LogP contribution in [0.5, 0.6) is 0 Å². The third kappa shape index (κ3) is 7.34. The van der Waals surface area contributed by atoms with Crippen molar-refractivity contribution in [2.24, 2.45) is 5.92 Å². The van der Waals surface area contributed by atoms with E-state index >= 15 is 0 Å². The number of rotatable bonds is 9. The molecule has 3 heteroatoms. The molecule has 1 N–H and O–H groups in total. The topological polar surface area (TPSA) is 24.5 Å². The molecular weight excluding hydrogens is 224 g/mol. The maximum atomic E-state index is 5.65. The van der Waals surface area contributed by atoms with Gasteiger partial charge in [0, 0.05) is 19.2 Å². The zero-order valence-corrected chi connectivity index (χ0v) is 12.7. The number of nitrogens with one attached hydrogen (secondary N) is 1. The van der Waals surface area contributed by atoms with Crippen LogP contribution in [0.2, 0.25) is 0 Å². The third-order valence-corrected chi connectivity index (χ3v) is 3.50. The molecule has 18 heavy (non-hydrogen) atoms. The van der Waals surface area contributed by atoms with Gasteiger partial charge < -0.3 is 15.0 Å². The van der Waals surface area contributed by atoms with Gasteiger partial charge in [-0.15, -0.1) is 0 Å². The van der Waals surface area contributed by atoms with E-state index in [1.807, 2.05) is 0 Å². The van der Waals surface area contributed by atoms with Crippen LogP contribution in [0, 0.1) is 5.92 Å². The Morgan fingerprint density at radius 2 is 2.11 bits per heavy atom. The lowest BCUT2D eigenvalue weighted by Gasteiger charge is -2.24. The summed E-state index contributed by atoms with van der Waals surface area (Å²) in [5.41, 5.74) is 0. The van der Waals surface area contributed by atoms with Gasteiger partial charge in [0.15, 0.2) is 0 Å². The highest BCUT2D eigenvalue weighted by Crippen LogP contribution is 2.16. The Kier molecular flexibility index (Phi) is 7.87. The Hall–Kier alpha value is -0.120. The predicted octanol–water partition coefficient (Wildman–Crippen LogP) is 2.51. The van der Waals surface area contributed by atoms with E-state index in [9.17, 15) is 0 Å². The maximum absolute atomic E-state index is 5.65. The van der Waals surface area contributed by atoms with E-state index in [1.165, 1.54) is 32.1 Å². The van der Waals surface area contributed by atoms with Gasteiger partial charge in [-0.3, -0.25) is 0 Å². The number of ether oxygens (including phenoxy) is 1. The van der Waals surface area contributed by atoms with Crippen LogP contribution in [-0.4, -0.2) is 50.8 Å². The summed E-state index contributed by atoms with van der Waals surface area (Å²) < 4.78 is 5.65. The first kappa shape index (κ1) is 15.9. The molecule has 1 aliphatic heterocycles. The van der Waals surface area contributed by atoms with Gasteiger partial charge in [0.05, 0.1) is 6.10 Å². The molecular formula is C15H32N2O. The monoisotopic (exact) mass is 256 g/mol. The Balaban J connectivity index is 2.11. The lowest BCUT2D eigenvalue weighted by Crippen LogP contribution is -2.39. The highest BCUT2D eigenvalue weighted by molar-refractivity contribution is 4.72. The third-order valence-electron chi connectivity index (χ3n) is 3.50. The van der Waals surface area contributed by atoms with Crippen LogP contribution in [0.15, 0.2) is 0 Å². The van der Waals surface area contributed by atoms with Crippen LogP contribution in [0.25, 0.3) is 0 Å². The first-order valence-electron chi connectivity index (χ1n) is 7.57. The van der Waals surface area contributed by atoms with Crippen molar-refractivity contribution in [1.82, 2.24) is 10.2 Å². The minimum atomic E-state index is 0.546. The van der Waals surface area contributed by atoms with Crippen LogP contribution < -0.4 is 5.32 Å². The molecule has 1 fully saturated rings. The molecule has 0 saturated carbocycles. The van der Waals surface area contributed by atoms with Crippen molar-refractivity contribution in [1.29, 1.82) is 0 Å². The standard InChI is InChI=1S/C15H32N2O/c1-13(2)11-14(12-17(3)4)16-9-5-7-15-8-6-10-18-15/h13-16H,5-12H2,1-4H3. The minimum Gasteiger partial charge on any atom is -0.378 e. The maximum Gasteiger partial charge on any atom is 0.0576 e. The number of hydrogen-bond donors (Lipinski definition) is 1. The van der Waals surface area contributed by atoms with Gasteiger partial charge in [0.2, 0.25) is 0 Å². The van der Waals surface area contributed by atoms with Crippen molar-refractivity contribution in [2.45, 2.75) is 58.1 Å². The molecule has 2 unspecified atom stereocenters. The van der Waals surface area contributed by atoms with Gasteiger partial charge in [-0.2, -0.15) is 0 Å². The lowest BCUT2D eigenvalue weighted by atomic mass is 10.0. The second kappa shape index (κ2) is 8.89. The van der Waals surface area contributed by atoms with Crippen molar-refractivity contribution in [2.75, 3.05) is 33.8 Å². The van der Waals surface area contributed by atoms with Crippen molar-refractivity contribution in [3.05, 3.63) is 0 Å². The number of likely N-dealkylation sites (N-methyl/N-ethyl adjacent to an activating group) is 1. The van der Waals surface area contributed by atoms with Crippen LogP contribution in [-0.2, 0) is 4.74 Å². The molecule has 0 aromatic carbocycles. The first-order valence-corrected chi connectivity index (χ1v) is 7.57. The van der Waals surface area contributed by atoms with E-state index in [4.69, 9.17) is 4.74 Å². The van der Waals surface area contributed by atoms with E-state index in [0.29, 0.717) is 12.1 Å². The Bertz CT molecular complexity index is 191. The highest BCUT2D eigenvalue weighted by atomic mass is 16.5. The van der Waals surface area contributed by atoms with Crippen LogP contribution in [0.3, 0.4) is 0 Å². The van der Waals surface area contributed by atoms with Crippen molar-refractivity contribution in [3.63, 3.8) is 0 Å². The molecule has 3 nitrogen and oxygen atoms in total. The summed E-state index contributed by atoms with van der Waals surface area (Å²) in [5, 5.41) is 3.71. The number of hydrogen-bond acceptors (Lipinski definition) is 3. The summed E-state index contributed by atoms with van der Waals surface area (Å²) in [6.45, 7) is 7.85. The Morgan fingerprint density at radius 1 is 1.33 bits per heavy atom. The summed E-state index contributed by atoms with van der Waals surface area (Å²) in [7, 11) is 4.31. The molecule has 2 atom stereocenters. The summed E-state index contributed by atoms with van der Waals surface area (Å²) >= 11 is 0. The zero-order chi connectivity index (χ0) is 13.4. The molecule has 1 heterocycles. The van der Waals surface area contributed by atoms with Gasteiger partial charge in [-0.05, 0) is 58.7 Å². The molecule has 0 bridgehead atoms. The first-order chi connectivity index (χ1) is 8.58. The van der Waals surface area contributed by atoms with Crippen LogP contribution in [0.4, 0.5) is 0 Å². The Morgan fingerprint density at radius 3 is 2.67 bits per heavy atom.